The number of hydrogen-bond acceptors (Lipinski definition) is 6. The molecule has 4 heterocycles. The summed E-state index contributed by atoms with van der Waals surface area (Å²) < 4.78 is 19.5. The molecular weight excluding hydrogens is 438 g/mol. The molecule has 1 aromatic carbocycles. The van der Waals surface area contributed by atoms with Crippen LogP contribution in [0.4, 0.5) is 0 Å². The molecule has 8 heteroatoms. The van der Waals surface area contributed by atoms with Crippen LogP contribution in [0.15, 0.2) is 35.0 Å². The number of thiophene rings is 1. The van der Waals surface area contributed by atoms with Crippen molar-refractivity contribution in [1.82, 2.24) is 14.7 Å². The molecule has 2 aromatic heterocycles. The molecule has 0 atom stereocenters. The molecular formula is C25H27N3O4S. The number of fused-ring (bicyclic) bond motifs is 3. The van der Waals surface area contributed by atoms with Crippen molar-refractivity contribution in [2.45, 2.75) is 39.3 Å². The Morgan fingerprint density at radius 2 is 2.06 bits per heavy atom. The molecule has 172 valence electrons. The quantitative estimate of drug-likeness (QED) is 0.534. The number of methoxy groups -OCH3 is 1. The molecule has 0 saturated carbocycles. The molecule has 1 amide bonds. The van der Waals surface area contributed by atoms with Gasteiger partial charge >= 0.3 is 0 Å². The molecule has 0 spiro atoms. The van der Waals surface area contributed by atoms with Crippen molar-refractivity contribution < 1.29 is 19.0 Å². The molecule has 0 fully saturated rings. The first-order valence-corrected chi connectivity index (χ1v) is 11.8. The molecule has 0 bridgehead atoms. The summed E-state index contributed by atoms with van der Waals surface area (Å²) in [5, 5.41) is 8.84. The van der Waals surface area contributed by atoms with Gasteiger partial charge in [0.15, 0.2) is 5.69 Å². The monoisotopic (exact) mass is 465 g/mol. The summed E-state index contributed by atoms with van der Waals surface area (Å²) in [5.41, 5.74) is 4.36. The van der Waals surface area contributed by atoms with E-state index < -0.39 is 0 Å². The molecule has 0 aliphatic carbocycles. The van der Waals surface area contributed by atoms with Crippen molar-refractivity contribution in [2.75, 3.05) is 20.8 Å². The zero-order valence-electron chi connectivity index (χ0n) is 19.5. The Kier molecular flexibility index (Phi) is 5.20. The lowest BCUT2D eigenvalue weighted by atomic mass is 9.97. The summed E-state index contributed by atoms with van der Waals surface area (Å²) in [4.78, 5) is 15.2. The van der Waals surface area contributed by atoms with Gasteiger partial charge in [-0.1, -0.05) is 0 Å². The molecule has 0 unspecified atom stereocenters. The average molecular weight is 466 g/mol. The Morgan fingerprint density at radius 3 is 2.70 bits per heavy atom. The van der Waals surface area contributed by atoms with E-state index in [2.05, 4.69) is 6.08 Å². The number of rotatable bonds is 4. The van der Waals surface area contributed by atoms with Gasteiger partial charge in [0.1, 0.15) is 23.9 Å². The lowest BCUT2D eigenvalue weighted by Gasteiger charge is -2.31. The fourth-order valence-corrected chi connectivity index (χ4v) is 4.66. The van der Waals surface area contributed by atoms with Crippen LogP contribution in [0.5, 0.6) is 11.5 Å². The highest BCUT2D eigenvalue weighted by Crippen LogP contribution is 2.45. The lowest BCUT2D eigenvalue weighted by Crippen LogP contribution is -2.43. The van der Waals surface area contributed by atoms with E-state index in [1.54, 1.807) is 23.3 Å². The highest BCUT2D eigenvalue weighted by atomic mass is 32.1. The van der Waals surface area contributed by atoms with E-state index in [0.717, 1.165) is 40.3 Å². The standard InChI is InChI=1S/C25H27N3O4S/c1-25(2,3)27(4)24(29)22-18-13-32-21-12-20(30-5)16(19-7-6-9-31-19)11-17(21)23(18)28(26-22)15-8-10-33-14-15/h7-8,10-12,14H,6,9,13H2,1-5H3. The molecule has 3 aromatic rings. The van der Waals surface area contributed by atoms with Gasteiger partial charge in [-0.05, 0) is 44.4 Å². The van der Waals surface area contributed by atoms with Crippen molar-refractivity contribution in [1.29, 1.82) is 0 Å². The average Bonchev–Trinajstić information content (AvgIpc) is 3.56. The molecule has 0 radical (unpaired) electrons. The molecule has 0 N–H and O–H groups in total. The first kappa shape index (κ1) is 21.6. The number of aromatic nitrogens is 2. The fourth-order valence-electron chi connectivity index (χ4n) is 4.05. The number of carbonyl (C=O) groups excluding carboxylic acids is 1. The largest absolute Gasteiger partial charge is 0.496 e. The summed E-state index contributed by atoms with van der Waals surface area (Å²) in [6, 6.07) is 5.92. The van der Waals surface area contributed by atoms with E-state index in [4.69, 9.17) is 19.3 Å². The molecule has 2 aliphatic rings. The van der Waals surface area contributed by atoms with Gasteiger partial charge in [-0.25, -0.2) is 4.68 Å². The minimum Gasteiger partial charge on any atom is -0.496 e. The minimum atomic E-state index is -0.337. The van der Waals surface area contributed by atoms with Gasteiger partial charge in [-0.15, -0.1) is 0 Å². The number of ether oxygens (including phenoxy) is 3. The lowest BCUT2D eigenvalue weighted by molar-refractivity contribution is 0.0646. The predicted octanol–water partition coefficient (Wildman–Crippen LogP) is 5.13. The number of carbonyl (C=O) groups is 1. The minimum absolute atomic E-state index is 0.129. The first-order chi connectivity index (χ1) is 15.8. The second-order valence-electron chi connectivity index (χ2n) is 9.15. The molecule has 0 saturated heterocycles. The van der Waals surface area contributed by atoms with Gasteiger partial charge in [0.25, 0.3) is 5.91 Å². The fraction of sp³-hybridized carbons (Fsp3) is 0.360. The second kappa shape index (κ2) is 7.95. The van der Waals surface area contributed by atoms with E-state index in [1.807, 2.05) is 61.5 Å². The van der Waals surface area contributed by atoms with E-state index in [-0.39, 0.29) is 18.1 Å². The maximum Gasteiger partial charge on any atom is 0.274 e. The van der Waals surface area contributed by atoms with E-state index in [9.17, 15) is 4.79 Å². The van der Waals surface area contributed by atoms with Crippen LogP contribution in [0, 0.1) is 0 Å². The predicted molar refractivity (Wildman–Crippen MR) is 128 cm³/mol. The zero-order chi connectivity index (χ0) is 23.3. The smallest absolute Gasteiger partial charge is 0.274 e. The van der Waals surface area contributed by atoms with E-state index in [1.165, 1.54) is 0 Å². The van der Waals surface area contributed by atoms with Crippen LogP contribution in [-0.2, 0) is 11.3 Å². The first-order valence-electron chi connectivity index (χ1n) is 10.9. The number of nitrogens with zero attached hydrogens (tertiary/aromatic N) is 3. The third-order valence-electron chi connectivity index (χ3n) is 6.15. The van der Waals surface area contributed by atoms with Crippen molar-refractivity contribution in [2.24, 2.45) is 0 Å². The van der Waals surface area contributed by atoms with Gasteiger partial charge in [-0.3, -0.25) is 4.79 Å². The SMILES string of the molecule is COc1cc2c(cc1C1=CCCO1)-c1c(c(C(=O)N(C)C(C)(C)C)nn1-c1ccsc1)CO2. The summed E-state index contributed by atoms with van der Waals surface area (Å²) >= 11 is 1.59. The molecule has 33 heavy (non-hydrogen) atoms. The van der Waals surface area contributed by atoms with Crippen LogP contribution in [0.3, 0.4) is 0 Å². The van der Waals surface area contributed by atoms with Crippen LogP contribution in [0.2, 0.25) is 0 Å². The second-order valence-corrected chi connectivity index (χ2v) is 9.93. The van der Waals surface area contributed by atoms with Gasteiger partial charge in [0.05, 0.1) is 30.7 Å². The van der Waals surface area contributed by atoms with Gasteiger partial charge in [0, 0.05) is 41.6 Å². The molecule has 7 nitrogen and oxygen atoms in total. The Labute approximate surface area is 197 Å². The Morgan fingerprint density at radius 1 is 1.24 bits per heavy atom. The van der Waals surface area contributed by atoms with Crippen molar-refractivity contribution in [3.8, 4) is 28.4 Å². The number of amides is 1. The topological polar surface area (TPSA) is 65.8 Å². The molecule has 5 rings (SSSR count). The summed E-state index contributed by atoms with van der Waals surface area (Å²) in [6.07, 6.45) is 2.93. The summed E-state index contributed by atoms with van der Waals surface area (Å²) in [6.45, 7) is 6.93. The van der Waals surface area contributed by atoms with Gasteiger partial charge < -0.3 is 19.1 Å². The zero-order valence-corrected chi connectivity index (χ0v) is 20.3. The van der Waals surface area contributed by atoms with Crippen molar-refractivity contribution in [3.63, 3.8) is 0 Å². The highest BCUT2D eigenvalue weighted by Gasteiger charge is 2.35. The number of hydrogen-bond donors (Lipinski definition) is 0. The molecule has 2 aliphatic heterocycles. The van der Waals surface area contributed by atoms with E-state index >= 15 is 0 Å². The van der Waals surface area contributed by atoms with Crippen LogP contribution in [0.25, 0.3) is 22.7 Å². The van der Waals surface area contributed by atoms with Crippen molar-refractivity contribution >= 4 is 23.0 Å². The van der Waals surface area contributed by atoms with E-state index in [0.29, 0.717) is 23.8 Å². The van der Waals surface area contributed by atoms with Crippen molar-refractivity contribution in [3.05, 3.63) is 51.9 Å². The van der Waals surface area contributed by atoms with Crippen LogP contribution in [-0.4, -0.2) is 46.9 Å². The Hall–Kier alpha value is -3.26. The van der Waals surface area contributed by atoms with Crippen LogP contribution in [0.1, 0.15) is 48.8 Å². The highest BCUT2D eigenvalue weighted by molar-refractivity contribution is 7.08. The van der Waals surface area contributed by atoms with Crippen LogP contribution < -0.4 is 9.47 Å². The Balaban J connectivity index is 1.73. The summed E-state index contributed by atoms with van der Waals surface area (Å²) in [5.74, 6) is 2.06. The third-order valence-corrected chi connectivity index (χ3v) is 6.82. The van der Waals surface area contributed by atoms with Gasteiger partial charge in [-0.2, -0.15) is 16.4 Å². The van der Waals surface area contributed by atoms with Crippen LogP contribution >= 0.6 is 11.3 Å². The maximum absolute atomic E-state index is 13.5. The Bertz CT molecular complexity index is 1250. The number of benzene rings is 1. The maximum atomic E-state index is 13.5. The normalized spacial score (nSPS) is 14.6. The summed E-state index contributed by atoms with van der Waals surface area (Å²) in [7, 11) is 3.45. The van der Waals surface area contributed by atoms with Gasteiger partial charge in [0.2, 0.25) is 0 Å². The third kappa shape index (κ3) is 3.58.